The second-order valence-electron chi connectivity index (χ2n) is 3.06. The van der Waals surface area contributed by atoms with Crippen molar-refractivity contribution < 1.29 is 0 Å². The summed E-state index contributed by atoms with van der Waals surface area (Å²) in [6, 6.07) is 7.58. The summed E-state index contributed by atoms with van der Waals surface area (Å²) in [6.45, 7) is 0. The molecule has 3 aromatic heterocycles. The van der Waals surface area contributed by atoms with Crippen LogP contribution in [0.5, 0.6) is 0 Å². The van der Waals surface area contributed by atoms with E-state index in [4.69, 9.17) is 11.6 Å². The fraction of sp³-hybridized carbons (Fsp3) is 0. The largest absolute Gasteiger partial charge is 0.220 e. The molecule has 74 valence electrons. The summed E-state index contributed by atoms with van der Waals surface area (Å²) in [7, 11) is 0. The summed E-state index contributed by atoms with van der Waals surface area (Å²) >= 11 is 7.50. The van der Waals surface area contributed by atoms with Crippen molar-refractivity contribution >= 4 is 28.6 Å². The van der Waals surface area contributed by atoms with Crippen molar-refractivity contribution in [2.24, 2.45) is 0 Å². The molecule has 0 aromatic carbocycles. The SMILES string of the molecule is Clc1ccn2nc(-c3cccs3)nc2c1. The van der Waals surface area contributed by atoms with Crippen LogP contribution in [0.25, 0.3) is 16.3 Å². The van der Waals surface area contributed by atoms with Gasteiger partial charge in [-0.1, -0.05) is 17.7 Å². The predicted octanol–water partition coefficient (Wildman–Crippen LogP) is 3.11. The van der Waals surface area contributed by atoms with Crippen molar-refractivity contribution in [3.05, 3.63) is 40.9 Å². The van der Waals surface area contributed by atoms with E-state index >= 15 is 0 Å². The van der Waals surface area contributed by atoms with Crippen LogP contribution in [0.4, 0.5) is 0 Å². The highest BCUT2D eigenvalue weighted by Gasteiger charge is 2.06. The van der Waals surface area contributed by atoms with Crippen LogP contribution in [0, 0.1) is 0 Å². The molecule has 5 heteroatoms. The van der Waals surface area contributed by atoms with Crippen LogP contribution in [-0.4, -0.2) is 14.6 Å². The summed E-state index contributed by atoms with van der Waals surface area (Å²) in [4.78, 5) is 5.46. The summed E-state index contributed by atoms with van der Waals surface area (Å²) in [5.41, 5.74) is 0.769. The van der Waals surface area contributed by atoms with E-state index in [-0.39, 0.29) is 0 Å². The fourth-order valence-electron chi connectivity index (χ4n) is 1.37. The zero-order chi connectivity index (χ0) is 10.3. The lowest BCUT2D eigenvalue weighted by molar-refractivity contribution is 0.967. The van der Waals surface area contributed by atoms with Gasteiger partial charge in [-0.15, -0.1) is 16.4 Å². The Morgan fingerprint density at radius 2 is 2.27 bits per heavy atom. The maximum Gasteiger partial charge on any atom is 0.192 e. The molecule has 3 aromatic rings. The summed E-state index contributed by atoms with van der Waals surface area (Å²) in [6.07, 6.45) is 1.81. The summed E-state index contributed by atoms with van der Waals surface area (Å²) in [5.74, 6) is 0.743. The highest BCUT2D eigenvalue weighted by Crippen LogP contribution is 2.22. The van der Waals surface area contributed by atoms with Gasteiger partial charge in [-0.3, -0.25) is 0 Å². The van der Waals surface area contributed by atoms with Gasteiger partial charge in [0.1, 0.15) is 0 Å². The molecule has 3 rings (SSSR count). The highest BCUT2D eigenvalue weighted by molar-refractivity contribution is 7.13. The smallest absolute Gasteiger partial charge is 0.192 e. The maximum atomic E-state index is 5.87. The number of nitrogens with zero attached hydrogens (tertiary/aromatic N) is 3. The standard InChI is InChI=1S/C10H6ClN3S/c11-7-3-4-14-9(6-7)12-10(13-14)8-2-1-5-15-8/h1-6H. The van der Waals surface area contributed by atoms with Gasteiger partial charge in [0.05, 0.1) is 4.88 Å². The molecule has 0 aliphatic heterocycles. The third-order valence-electron chi connectivity index (χ3n) is 2.04. The molecule has 0 amide bonds. The van der Waals surface area contributed by atoms with E-state index in [2.05, 4.69) is 10.1 Å². The molecule has 0 atom stereocenters. The van der Waals surface area contributed by atoms with Gasteiger partial charge in [-0.25, -0.2) is 9.50 Å². The molecule has 0 saturated carbocycles. The molecule has 3 heterocycles. The third-order valence-corrected chi connectivity index (χ3v) is 3.14. The minimum atomic E-state index is 0.674. The monoisotopic (exact) mass is 235 g/mol. The van der Waals surface area contributed by atoms with Crippen LogP contribution in [0.1, 0.15) is 0 Å². The lowest BCUT2D eigenvalue weighted by atomic mass is 10.4. The van der Waals surface area contributed by atoms with Gasteiger partial charge in [0.25, 0.3) is 0 Å². The first-order valence-electron chi connectivity index (χ1n) is 4.39. The molecule has 0 aliphatic carbocycles. The van der Waals surface area contributed by atoms with Crippen molar-refractivity contribution in [3.63, 3.8) is 0 Å². The lowest BCUT2D eigenvalue weighted by Gasteiger charge is -1.89. The molecule has 0 aliphatic rings. The Morgan fingerprint density at radius 3 is 3.07 bits per heavy atom. The Balaban J connectivity index is 2.22. The van der Waals surface area contributed by atoms with E-state index in [1.54, 1.807) is 28.0 Å². The second kappa shape index (κ2) is 3.32. The first-order chi connectivity index (χ1) is 7.33. The average molecular weight is 236 g/mol. The number of hydrogen-bond donors (Lipinski definition) is 0. The van der Waals surface area contributed by atoms with Crippen molar-refractivity contribution in [2.45, 2.75) is 0 Å². The Kier molecular flexibility index (Phi) is 1.97. The van der Waals surface area contributed by atoms with Crippen LogP contribution in [0.3, 0.4) is 0 Å². The van der Waals surface area contributed by atoms with Crippen LogP contribution < -0.4 is 0 Å². The van der Waals surface area contributed by atoms with Gasteiger partial charge in [-0.2, -0.15) is 0 Å². The quantitative estimate of drug-likeness (QED) is 0.649. The van der Waals surface area contributed by atoms with Crippen molar-refractivity contribution in [1.29, 1.82) is 0 Å². The fourth-order valence-corrected chi connectivity index (χ4v) is 2.17. The van der Waals surface area contributed by atoms with Crippen molar-refractivity contribution in [3.8, 4) is 10.7 Å². The van der Waals surface area contributed by atoms with E-state index in [1.165, 1.54) is 0 Å². The molecule has 0 unspecified atom stereocenters. The molecular weight excluding hydrogens is 230 g/mol. The first kappa shape index (κ1) is 8.88. The molecule has 0 radical (unpaired) electrons. The normalized spacial score (nSPS) is 11.0. The Hall–Kier alpha value is -1.39. The molecule has 0 bridgehead atoms. The average Bonchev–Trinajstić information content (AvgIpc) is 2.84. The van der Waals surface area contributed by atoms with E-state index < -0.39 is 0 Å². The Labute approximate surface area is 95.0 Å². The highest BCUT2D eigenvalue weighted by atomic mass is 35.5. The summed E-state index contributed by atoms with van der Waals surface area (Å²) in [5, 5.41) is 7.04. The molecule has 0 spiro atoms. The van der Waals surface area contributed by atoms with E-state index in [0.29, 0.717) is 5.02 Å². The van der Waals surface area contributed by atoms with Gasteiger partial charge >= 0.3 is 0 Å². The molecule has 0 saturated heterocycles. The lowest BCUT2D eigenvalue weighted by Crippen LogP contribution is -1.84. The van der Waals surface area contributed by atoms with Crippen LogP contribution in [-0.2, 0) is 0 Å². The number of fused-ring (bicyclic) bond motifs is 1. The van der Waals surface area contributed by atoms with Gasteiger partial charge < -0.3 is 0 Å². The number of thiophene rings is 1. The van der Waals surface area contributed by atoms with Gasteiger partial charge in [0, 0.05) is 17.3 Å². The van der Waals surface area contributed by atoms with Crippen LogP contribution in [0.2, 0.25) is 5.02 Å². The minimum absolute atomic E-state index is 0.674. The van der Waals surface area contributed by atoms with E-state index in [1.807, 2.05) is 23.7 Å². The van der Waals surface area contributed by atoms with Gasteiger partial charge in [0.2, 0.25) is 0 Å². The number of hydrogen-bond acceptors (Lipinski definition) is 3. The first-order valence-corrected chi connectivity index (χ1v) is 5.64. The Bertz CT molecular complexity index is 600. The van der Waals surface area contributed by atoms with Gasteiger partial charge in [-0.05, 0) is 17.5 Å². The molecular formula is C10H6ClN3S. The van der Waals surface area contributed by atoms with E-state index in [9.17, 15) is 0 Å². The van der Waals surface area contributed by atoms with Gasteiger partial charge in [0.15, 0.2) is 11.5 Å². The van der Waals surface area contributed by atoms with Crippen LogP contribution in [0.15, 0.2) is 35.8 Å². The summed E-state index contributed by atoms with van der Waals surface area (Å²) < 4.78 is 1.72. The zero-order valence-electron chi connectivity index (χ0n) is 7.59. The Morgan fingerprint density at radius 1 is 1.33 bits per heavy atom. The van der Waals surface area contributed by atoms with E-state index in [0.717, 1.165) is 16.3 Å². The third kappa shape index (κ3) is 1.52. The molecule has 0 N–H and O–H groups in total. The molecule has 3 nitrogen and oxygen atoms in total. The predicted molar refractivity (Wildman–Crippen MR) is 61.3 cm³/mol. The number of aromatic nitrogens is 3. The second-order valence-corrected chi connectivity index (χ2v) is 4.44. The van der Waals surface area contributed by atoms with Crippen molar-refractivity contribution in [1.82, 2.24) is 14.6 Å². The molecule has 0 fully saturated rings. The number of rotatable bonds is 1. The topological polar surface area (TPSA) is 30.2 Å². The van der Waals surface area contributed by atoms with Crippen LogP contribution >= 0.6 is 22.9 Å². The zero-order valence-corrected chi connectivity index (χ0v) is 9.16. The number of pyridine rings is 1. The maximum absolute atomic E-state index is 5.87. The minimum Gasteiger partial charge on any atom is -0.220 e. The number of halogens is 1. The molecule has 15 heavy (non-hydrogen) atoms. The van der Waals surface area contributed by atoms with Crippen molar-refractivity contribution in [2.75, 3.05) is 0 Å².